The Morgan fingerprint density at radius 3 is 1.76 bits per heavy atom. The molecule has 9 aromatic rings. The number of nitrogens with one attached hydrogen (secondary N) is 1. The van der Waals surface area contributed by atoms with Gasteiger partial charge in [-0.1, -0.05) is 97.1 Å². The standard InChI is InChI=1S/C46H32N4/c1-3-12-31(13-4-1)33-26-34(42-19-11-18-41(48-42)32-22-24-47-25-23-32)28-36(27-33)50-44-21-10-8-17-38(44)40-29-39-37-16-7-9-20-43(37)49(45(39)30-46(40)50)35-14-5-2-6-15-35/h1-24,26-30,47H,25H2. The SMILES string of the molecule is C1=CC(c2cccc(-c3cc(-c4ccccc4)cc(-n4c5ccccc5c5cc6c7ccccc7n(-c7ccccc7)c6cc54)c3)n2)=CCN1. The second kappa shape index (κ2) is 11.5. The first-order chi connectivity index (χ1) is 24.8. The number of fused-ring (bicyclic) bond motifs is 6. The van der Waals surface area contributed by atoms with Crippen molar-refractivity contribution in [2.24, 2.45) is 0 Å². The van der Waals surface area contributed by atoms with Crippen molar-refractivity contribution in [3.8, 4) is 33.8 Å². The number of aromatic nitrogens is 3. The topological polar surface area (TPSA) is 34.8 Å². The van der Waals surface area contributed by atoms with Gasteiger partial charge in [-0.2, -0.15) is 0 Å². The van der Waals surface area contributed by atoms with Crippen molar-refractivity contribution >= 4 is 49.2 Å². The third kappa shape index (κ3) is 4.57. The van der Waals surface area contributed by atoms with E-state index in [0.717, 1.165) is 46.0 Å². The fraction of sp³-hybridized carbons (Fsp3) is 0.0217. The number of dihydropyridines is 1. The Kier molecular flexibility index (Phi) is 6.53. The molecule has 6 aromatic carbocycles. The van der Waals surface area contributed by atoms with Gasteiger partial charge in [0.1, 0.15) is 0 Å². The molecule has 0 saturated carbocycles. The summed E-state index contributed by atoms with van der Waals surface area (Å²) < 4.78 is 4.84. The number of para-hydroxylation sites is 3. The molecule has 236 valence electrons. The minimum Gasteiger partial charge on any atom is -0.387 e. The molecule has 1 aliphatic rings. The maximum Gasteiger partial charge on any atom is 0.0710 e. The first-order valence-corrected chi connectivity index (χ1v) is 17.1. The molecule has 0 amide bonds. The molecule has 1 aliphatic heterocycles. The number of rotatable bonds is 5. The van der Waals surface area contributed by atoms with Gasteiger partial charge < -0.3 is 14.5 Å². The Labute approximate surface area is 289 Å². The third-order valence-electron chi connectivity index (χ3n) is 9.92. The van der Waals surface area contributed by atoms with Gasteiger partial charge in [-0.25, -0.2) is 4.98 Å². The Balaban J connectivity index is 1.27. The fourth-order valence-electron chi connectivity index (χ4n) is 7.65. The summed E-state index contributed by atoms with van der Waals surface area (Å²) in [7, 11) is 0. The van der Waals surface area contributed by atoms with Crippen LogP contribution in [0.15, 0.2) is 176 Å². The van der Waals surface area contributed by atoms with E-state index in [1.54, 1.807) is 0 Å². The van der Waals surface area contributed by atoms with E-state index >= 15 is 0 Å². The smallest absolute Gasteiger partial charge is 0.0710 e. The maximum atomic E-state index is 5.20. The zero-order chi connectivity index (χ0) is 33.0. The molecule has 0 spiro atoms. The molecular weight excluding hydrogens is 609 g/mol. The van der Waals surface area contributed by atoms with Gasteiger partial charge in [0, 0.05) is 45.0 Å². The molecular formula is C46H32N4. The Morgan fingerprint density at radius 1 is 0.440 bits per heavy atom. The highest BCUT2D eigenvalue weighted by molar-refractivity contribution is 6.19. The van der Waals surface area contributed by atoms with Crippen LogP contribution in [0.3, 0.4) is 0 Å². The van der Waals surface area contributed by atoms with Crippen LogP contribution >= 0.6 is 0 Å². The van der Waals surface area contributed by atoms with Crippen molar-refractivity contribution < 1.29 is 0 Å². The van der Waals surface area contributed by atoms with E-state index in [9.17, 15) is 0 Å². The molecule has 0 atom stereocenters. The van der Waals surface area contributed by atoms with Crippen molar-refractivity contribution in [2.45, 2.75) is 0 Å². The Bertz CT molecular complexity index is 2800. The summed E-state index contributed by atoms with van der Waals surface area (Å²) in [4.78, 5) is 5.20. The van der Waals surface area contributed by atoms with E-state index in [1.165, 1.54) is 49.2 Å². The number of allylic oxidation sites excluding steroid dienone is 2. The van der Waals surface area contributed by atoms with Gasteiger partial charge in [0.25, 0.3) is 0 Å². The largest absolute Gasteiger partial charge is 0.387 e. The van der Waals surface area contributed by atoms with E-state index in [-0.39, 0.29) is 0 Å². The van der Waals surface area contributed by atoms with E-state index < -0.39 is 0 Å². The minimum absolute atomic E-state index is 0.801. The second-order valence-electron chi connectivity index (χ2n) is 12.9. The maximum absolute atomic E-state index is 5.20. The molecule has 4 heteroatoms. The first kappa shape index (κ1) is 28.4. The van der Waals surface area contributed by atoms with Crippen LogP contribution in [0.2, 0.25) is 0 Å². The summed E-state index contributed by atoms with van der Waals surface area (Å²) in [5.74, 6) is 0. The molecule has 3 aromatic heterocycles. The fourth-order valence-corrected chi connectivity index (χ4v) is 7.65. The van der Waals surface area contributed by atoms with Crippen molar-refractivity contribution in [1.29, 1.82) is 0 Å². The highest BCUT2D eigenvalue weighted by Crippen LogP contribution is 2.41. The Morgan fingerprint density at radius 2 is 1.06 bits per heavy atom. The van der Waals surface area contributed by atoms with Gasteiger partial charge in [0.05, 0.1) is 33.5 Å². The van der Waals surface area contributed by atoms with Gasteiger partial charge in [0.15, 0.2) is 0 Å². The minimum atomic E-state index is 0.801. The lowest BCUT2D eigenvalue weighted by Crippen LogP contribution is -2.08. The number of nitrogens with zero attached hydrogens (tertiary/aromatic N) is 3. The lowest BCUT2D eigenvalue weighted by Gasteiger charge is -2.15. The van der Waals surface area contributed by atoms with Crippen LogP contribution in [-0.4, -0.2) is 20.7 Å². The van der Waals surface area contributed by atoms with Crippen LogP contribution in [0.1, 0.15) is 5.69 Å². The number of pyridine rings is 1. The van der Waals surface area contributed by atoms with Gasteiger partial charge >= 0.3 is 0 Å². The van der Waals surface area contributed by atoms with Gasteiger partial charge in [-0.3, -0.25) is 0 Å². The van der Waals surface area contributed by atoms with Crippen LogP contribution in [0, 0.1) is 0 Å². The first-order valence-electron chi connectivity index (χ1n) is 17.1. The molecule has 0 fully saturated rings. The van der Waals surface area contributed by atoms with Crippen molar-refractivity contribution in [1.82, 2.24) is 19.4 Å². The summed E-state index contributed by atoms with van der Waals surface area (Å²) in [6.07, 6.45) is 6.27. The molecule has 0 saturated heterocycles. The lowest BCUT2D eigenvalue weighted by molar-refractivity contribution is 0.974. The highest BCUT2D eigenvalue weighted by atomic mass is 15.0. The molecule has 10 rings (SSSR count). The number of benzene rings is 6. The van der Waals surface area contributed by atoms with E-state index in [1.807, 2.05) is 6.20 Å². The van der Waals surface area contributed by atoms with Crippen LogP contribution in [0.4, 0.5) is 0 Å². The molecule has 0 radical (unpaired) electrons. The third-order valence-corrected chi connectivity index (χ3v) is 9.92. The predicted molar refractivity (Wildman–Crippen MR) is 209 cm³/mol. The summed E-state index contributed by atoms with van der Waals surface area (Å²) >= 11 is 0. The molecule has 1 N–H and O–H groups in total. The normalized spacial score (nSPS) is 12.9. The van der Waals surface area contributed by atoms with E-state index in [2.05, 4.69) is 184 Å². The van der Waals surface area contributed by atoms with Gasteiger partial charge in [-0.15, -0.1) is 0 Å². The predicted octanol–water partition coefficient (Wildman–Crippen LogP) is 11.1. The second-order valence-corrected chi connectivity index (χ2v) is 12.9. The summed E-state index contributed by atoms with van der Waals surface area (Å²) in [6, 6.07) is 56.9. The summed E-state index contributed by atoms with van der Waals surface area (Å²) in [6.45, 7) is 0.801. The number of hydrogen-bond donors (Lipinski definition) is 1. The average Bonchev–Trinajstić information content (AvgIpc) is 3.70. The number of hydrogen-bond acceptors (Lipinski definition) is 2. The molecule has 4 nitrogen and oxygen atoms in total. The average molecular weight is 641 g/mol. The molecule has 50 heavy (non-hydrogen) atoms. The zero-order valence-electron chi connectivity index (χ0n) is 27.3. The van der Waals surface area contributed by atoms with E-state index in [0.29, 0.717) is 0 Å². The van der Waals surface area contributed by atoms with Crippen molar-refractivity contribution in [3.05, 3.63) is 182 Å². The molecule has 0 unspecified atom stereocenters. The van der Waals surface area contributed by atoms with Crippen molar-refractivity contribution in [3.63, 3.8) is 0 Å². The zero-order valence-corrected chi connectivity index (χ0v) is 27.3. The monoisotopic (exact) mass is 640 g/mol. The molecule has 0 aliphatic carbocycles. The van der Waals surface area contributed by atoms with Gasteiger partial charge in [0.2, 0.25) is 0 Å². The molecule has 0 bridgehead atoms. The van der Waals surface area contributed by atoms with Crippen molar-refractivity contribution in [2.75, 3.05) is 6.54 Å². The van der Waals surface area contributed by atoms with Gasteiger partial charge in [-0.05, 0) is 95.7 Å². The van der Waals surface area contributed by atoms with E-state index in [4.69, 9.17) is 4.98 Å². The van der Waals surface area contributed by atoms with Crippen LogP contribution < -0.4 is 5.32 Å². The molecule has 4 heterocycles. The summed E-state index contributed by atoms with van der Waals surface area (Å²) in [5.41, 5.74) is 13.4. The van der Waals surface area contributed by atoms with Crippen LogP contribution in [0.25, 0.3) is 82.9 Å². The summed E-state index contributed by atoms with van der Waals surface area (Å²) in [5, 5.41) is 8.22. The van der Waals surface area contributed by atoms with Crippen LogP contribution in [0.5, 0.6) is 0 Å². The highest BCUT2D eigenvalue weighted by Gasteiger charge is 2.19. The van der Waals surface area contributed by atoms with Crippen LogP contribution in [-0.2, 0) is 0 Å². The quantitative estimate of drug-likeness (QED) is 0.203. The lowest BCUT2D eigenvalue weighted by atomic mass is 9.99. The Hall–Kier alpha value is -6.65.